The van der Waals surface area contributed by atoms with E-state index in [0.29, 0.717) is 5.56 Å². The summed E-state index contributed by atoms with van der Waals surface area (Å²) in [7, 11) is -2.48. The molecule has 0 unspecified atom stereocenters. The number of aryl methyl sites for hydroxylation is 2. The number of Topliss-reactive ketones (excluding diaryl/α,β-unsaturated/α-hetero) is 1. The van der Waals surface area contributed by atoms with Gasteiger partial charge in [-0.15, -0.1) is 0 Å². The van der Waals surface area contributed by atoms with Gasteiger partial charge in [-0.25, -0.2) is 8.42 Å². The van der Waals surface area contributed by atoms with Crippen LogP contribution in [0.1, 0.15) is 42.3 Å². The lowest BCUT2D eigenvalue weighted by Crippen LogP contribution is -2.44. The maximum Gasteiger partial charge on any atom is 0.243 e. The molecule has 0 heterocycles. The summed E-state index contributed by atoms with van der Waals surface area (Å²) in [5.74, 6) is -0.446. The van der Waals surface area contributed by atoms with Crippen molar-refractivity contribution in [1.29, 1.82) is 0 Å². The van der Waals surface area contributed by atoms with Crippen LogP contribution < -0.4 is 4.90 Å². The van der Waals surface area contributed by atoms with Crippen molar-refractivity contribution in [2.24, 2.45) is 0 Å². The number of sulfonamides is 1. The van der Waals surface area contributed by atoms with Gasteiger partial charge in [-0.05, 0) is 63.9 Å². The molecule has 1 amide bonds. The Hall–Kier alpha value is -2.51. The molecule has 29 heavy (non-hydrogen) atoms. The number of carbonyl (C=O) groups is 2. The first kappa shape index (κ1) is 22.8. The Bertz CT molecular complexity index is 1010. The van der Waals surface area contributed by atoms with Crippen molar-refractivity contribution in [2.75, 3.05) is 18.5 Å². The lowest BCUT2D eigenvalue weighted by atomic mass is 10.1. The van der Waals surface area contributed by atoms with E-state index in [9.17, 15) is 18.0 Å². The number of nitrogens with zero attached hydrogens (tertiary/aromatic N) is 2. The van der Waals surface area contributed by atoms with Gasteiger partial charge in [0.15, 0.2) is 5.78 Å². The summed E-state index contributed by atoms with van der Waals surface area (Å²) in [5, 5.41) is 0. The Labute approximate surface area is 173 Å². The van der Waals surface area contributed by atoms with Crippen molar-refractivity contribution < 1.29 is 18.0 Å². The smallest absolute Gasteiger partial charge is 0.243 e. The van der Waals surface area contributed by atoms with Gasteiger partial charge in [-0.1, -0.05) is 24.3 Å². The van der Waals surface area contributed by atoms with E-state index in [-0.39, 0.29) is 29.2 Å². The highest BCUT2D eigenvalue weighted by molar-refractivity contribution is 7.89. The van der Waals surface area contributed by atoms with E-state index in [1.807, 2.05) is 45.9 Å². The third-order valence-corrected chi connectivity index (χ3v) is 6.55. The quantitative estimate of drug-likeness (QED) is 0.647. The summed E-state index contributed by atoms with van der Waals surface area (Å²) in [5.41, 5.74) is 3.18. The van der Waals surface area contributed by atoms with Gasteiger partial charge in [0.1, 0.15) is 0 Å². The Balaban J connectivity index is 2.29. The van der Waals surface area contributed by atoms with Crippen molar-refractivity contribution >= 4 is 27.4 Å². The number of rotatable bonds is 7. The minimum Gasteiger partial charge on any atom is -0.309 e. The molecule has 0 radical (unpaired) electrons. The predicted octanol–water partition coefficient (Wildman–Crippen LogP) is 3.57. The standard InChI is InChI=1S/C22H28N2O4S/c1-15(2)24(21-13-16(3)7-8-17(21)4)22(26)14-23(6)29(27,28)20-11-9-19(10-12-20)18(5)25/h7-13,15H,14H2,1-6H3. The molecule has 0 saturated heterocycles. The molecule has 0 aliphatic heterocycles. The third-order valence-electron chi connectivity index (χ3n) is 4.74. The minimum atomic E-state index is -3.86. The molecule has 2 aromatic carbocycles. The van der Waals surface area contributed by atoms with Crippen LogP contribution in [0.15, 0.2) is 47.4 Å². The van der Waals surface area contributed by atoms with E-state index >= 15 is 0 Å². The molecule has 0 fully saturated rings. The van der Waals surface area contributed by atoms with Crippen LogP contribution in [0.5, 0.6) is 0 Å². The van der Waals surface area contributed by atoms with Crippen molar-refractivity contribution in [1.82, 2.24) is 4.31 Å². The molecule has 0 atom stereocenters. The maximum absolute atomic E-state index is 13.1. The maximum atomic E-state index is 13.1. The van der Waals surface area contributed by atoms with E-state index < -0.39 is 10.0 Å². The first-order chi connectivity index (χ1) is 13.4. The van der Waals surface area contributed by atoms with Crippen molar-refractivity contribution in [3.63, 3.8) is 0 Å². The molecular weight excluding hydrogens is 388 g/mol. The fourth-order valence-corrected chi connectivity index (χ4v) is 4.19. The van der Waals surface area contributed by atoms with Crippen LogP contribution in [0.2, 0.25) is 0 Å². The first-order valence-electron chi connectivity index (χ1n) is 9.41. The number of benzene rings is 2. The fraction of sp³-hybridized carbons (Fsp3) is 0.364. The topological polar surface area (TPSA) is 74.8 Å². The van der Waals surface area contributed by atoms with Crippen molar-refractivity contribution in [2.45, 2.75) is 45.6 Å². The second-order valence-electron chi connectivity index (χ2n) is 7.49. The van der Waals surface area contributed by atoms with Gasteiger partial charge in [0.25, 0.3) is 0 Å². The SMILES string of the molecule is CC(=O)c1ccc(S(=O)(=O)N(C)CC(=O)N(c2cc(C)ccc2C)C(C)C)cc1. The average Bonchev–Trinajstić information content (AvgIpc) is 2.64. The normalized spacial score (nSPS) is 11.7. The average molecular weight is 417 g/mol. The largest absolute Gasteiger partial charge is 0.309 e. The molecular formula is C22H28N2O4S. The second kappa shape index (κ2) is 8.88. The van der Waals surface area contributed by atoms with Crippen LogP contribution in [-0.4, -0.2) is 44.0 Å². The van der Waals surface area contributed by atoms with Gasteiger partial charge >= 0.3 is 0 Å². The predicted molar refractivity (Wildman–Crippen MR) is 115 cm³/mol. The highest BCUT2D eigenvalue weighted by Gasteiger charge is 2.27. The molecule has 7 heteroatoms. The van der Waals surface area contributed by atoms with Crippen LogP contribution in [0.25, 0.3) is 0 Å². The molecule has 0 aromatic heterocycles. The van der Waals surface area contributed by atoms with Crippen LogP contribution in [0, 0.1) is 13.8 Å². The second-order valence-corrected chi connectivity index (χ2v) is 9.53. The van der Waals surface area contributed by atoms with Gasteiger partial charge in [0.2, 0.25) is 15.9 Å². The number of anilines is 1. The Morgan fingerprint density at radius 3 is 2.10 bits per heavy atom. The minimum absolute atomic E-state index is 0.0423. The van der Waals surface area contributed by atoms with Crippen molar-refractivity contribution in [3.8, 4) is 0 Å². The summed E-state index contributed by atoms with van der Waals surface area (Å²) >= 11 is 0. The molecule has 0 bridgehead atoms. The molecule has 2 rings (SSSR count). The van der Waals surface area contributed by atoms with Gasteiger partial charge in [0.05, 0.1) is 11.4 Å². The summed E-state index contributed by atoms with van der Waals surface area (Å²) in [6.45, 7) is 8.80. The number of hydrogen-bond donors (Lipinski definition) is 0. The van der Waals surface area contributed by atoms with E-state index in [1.54, 1.807) is 4.90 Å². The van der Waals surface area contributed by atoms with E-state index in [2.05, 4.69) is 0 Å². The highest BCUT2D eigenvalue weighted by atomic mass is 32.2. The summed E-state index contributed by atoms with van der Waals surface area (Å²) in [6.07, 6.45) is 0. The fourth-order valence-electron chi connectivity index (χ4n) is 3.07. The molecule has 156 valence electrons. The molecule has 0 spiro atoms. The Kier molecular flexibility index (Phi) is 6.97. The number of amides is 1. The number of ketones is 1. The first-order valence-corrected chi connectivity index (χ1v) is 10.9. The molecule has 2 aromatic rings. The number of hydrogen-bond acceptors (Lipinski definition) is 4. The lowest BCUT2D eigenvalue weighted by molar-refractivity contribution is -0.119. The summed E-state index contributed by atoms with van der Waals surface area (Å²) in [6, 6.07) is 11.4. The van der Waals surface area contributed by atoms with Gasteiger partial charge in [0, 0.05) is 24.3 Å². The van der Waals surface area contributed by atoms with Crippen LogP contribution in [-0.2, 0) is 14.8 Å². The summed E-state index contributed by atoms with van der Waals surface area (Å²) in [4.78, 5) is 26.1. The van der Waals surface area contributed by atoms with Gasteiger partial charge < -0.3 is 4.90 Å². The monoisotopic (exact) mass is 416 g/mol. The molecule has 6 nitrogen and oxygen atoms in total. The zero-order valence-electron chi connectivity index (χ0n) is 17.8. The van der Waals surface area contributed by atoms with E-state index in [1.165, 1.54) is 38.2 Å². The highest BCUT2D eigenvalue weighted by Crippen LogP contribution is 2.24. The lowest BCUT2D eigenvalue weighted by Gasteiger charge is -2.30. The zero-order chi connectivity index (χ0) is 21.9. The van der Waals surface area contributed by atoms with E-state index in [0.717, 1.165) is 21.1 Å². The van der Waals surface area contributed by atoms with Crippen molar-refractivity contribution in [3.05, 3.63) is 59.2 Å². The van der Waals surface area contributed by atoms with E-state index in [4.69, 9.17) is 0 Å². The van der Waals surface area contributed by atoms with Gasteiger partial charge in [-0.2, -0.15) is 4.31 Å². The molecule has 0 aliphatic rings. The number of likely N-dealkylation sites (N-methyl/N-ethyl adjacent to an activating group) is 1. The zero-order valence-corrected chi connectivity index (χ0v) is 18.6. The Morgan fingerprint density at radius 2 is 1.59 bits per heavy atom. The van der Waals surface area contributed by atoms with Crippen LogP contribution >= 0.6 is 0 Å². The van der Waals surface area contributed by atoms with Crippen LogP contribution in [0.4, 0.5) is 5.69 Å². The molecule has 0 saturated carbocycles. The van der Waals surface area contributed by atoms with Gasteiger partial charge in [-0.3, -0.25) is 9.59 Å². The van der Waals surface area contributed by atoms with Crippen LogP contribution in [0.3, 0.4) is 0 Å². The number of carbonyl (C=O) groups excluding carboxylic acids is 2. The molecule has 0 aliphatic carbocycles. The summed E-state index contributed by atoms with van der Waals surface area (Å²) < 4.78 is 26.8. The third kappa shape index (κ3) is 5.10. The Morgan fingerprint density at radius 1 is 1.00 bits per heavy atom. The molecule has 0 N–H and O–H groups in total.